The SMILES string of the molecule is COC(=O)c1cc(-c2ccccc2)[nH]c(=O)c1C#N. The molecule has 0 fully saturated rings. The van der Waals surface area contributed by atoms with Crippen molar-refractivity contribution < 1.29 is 9.53 Å². The number of carbonyl (C=O) groups is 1. The lowest BCUT2D eigenvalue weighted by molar-refractivity contribution is 0.0600. The minimum absolute atomic E-state index is 0.0346. The number of esters is 1. The zero-order chi connectivity index (χ0) is 13.8. The van der Waals surface area contributed by atoms with Crippen molar-refractivity contribution in [1.29, 1.82) is 5.26 Å². The van der Waals surface area contributed by atoms with E-state index in [-0.39, 0.29) is 11.1 Å². The van der Waals surface area contributed by atoms with Crippen LogP contribution in [0, 0.1) is 11.3 Å². The van der Waals surface area contributed by atoms with Gasteiger partial charge in [0.2, 0.25) is 0 Å². The second-order valence-corrected chi connectivity index (χ2v) is 3.77. The molecule has 0 radical (unpaired) electrons. The number of methoxy groups -OCH3 is 1. The van der Waals surface area contributed by atoms with Crippen molar-refractivity contribution in [2.75, 3.05) is 7.11 Å². The molecule has 2 rings (SSSR count). The second kappa shape index (κ2) is 5.19. The van der Waals surface area contributed by atoms with Gasteiger partial charge in [-0.05, 0) is 11.6 Å². The molecule has 0 saturated carbocycles. The standard InChI is InChI=1S/C14H10N2O3/c1-19-14(18)10-7-12(9-5-3-2-4-6-9)16-13(17)11(10)8-15/h2-7H,1H3,(H,16,17). The molecule has 1 N–H and O–H groups in total. The van der Waals surface area contributed by atoms with Gasteiger partial charge in [0.05, 0.1) is 12.7 Å². The zero-order valence-corrected chi connectivity index (χ0v) is 10.1. The normalized spacial score (nSPS) is 9.68. The number of carbonyl (C=O) groups excluding carboxylic acids is 1. The van der Waals surface area contributed by atoms with E-state index in [0.29, 0.717) is 5.69 Å². The summed E-state index contributed by atoms with van der Waals surface area (Å²) in [4.78, 5) is 26.0. The molecule has 1 aromatic carbocycles. The average molecular weight is 254 g/mol. The van der Waals surface area contributed by atoms with Crippen molar-refractivity contribution in [3.05, 3.63) is 57.9 Å². The highest BCUT2D eigenvalue weighted by molar-refractivity contribution is 5.93. The number of aromatic nitrogens is 1. The molecule has 1 aromatic heterocycles. The van der Waals surface area contributed by atoms with Crippen LogP contribution < -0.4 is 5.56 Å². The van der Waals surface area contributed by atoms with Crippen LogP contribution in [0.15, 0.2) is 41.2 Å². The summed E-state index contributed by atoms with van der Waals surface area (Å²) in [5.41, 5.74) is 0.322. The maximum absolute atomic E-state index is 11.8. The molecule has 0 amide bonds. The largest absolute Gasteiger partial charge is 0.465 e. The van der Waals surface area contributed by atoms with Crippen molar-refractivity contribution in [3.63, 3.8) is 0 Å². The number of nitrogens with one attached hydrogen (secondary N) is 1. The van der Waals surface area contributed by atoms with E-state index in [2.05, 4.69) is 9.72 Å². The molecule has 0 unspecified atom stereocenters. The number of hydrogen-bond acceptors (Lipinski definition) is 4. The van der Waals surface area contributed by atoms with Crippen molar-refractivity contribution in [2.24, 2.45) is 0 Å². The lowest BCUT2D eigenvalue weighted by Crippen LogP contribution is -2.17. The first kappa shape index (κ1) is 12.6. The van der Waals surface area contributed by atoms with Gasteiger partial charge in [-0.2, -0.15) is 5.26 Å². The van der Waals surface area contributed by atoms with Crippen LogP contribution in [0.1, 0.15) is 15.9 Å². The van der Waals surface area contributed by atoms with E-state index in [9.17, 15) is 9.59 Å². The Morgan fingerprint density at radius 2 is 2.00 bits per heavy atom. The van der Waals surface area contributed by atoms with E-state index in [1.165, 1.54) is 13.2 Å². The zero-order valence-electron chi connectivity index (χ0n) is 10.1. The minimum atomic E-state index is -0.708. The van der Waals surface area contributed by atoms with Crippen LogP contribution >= 0.6 is 0 Å². The van der Waals surface area contributed by atoms with E-state index >= 15 is 0 Å². The first-order valence-electron chi connectivity index (χ1n) is 5.48. The Balaban J connectivity index is 2.68. The Morgan fingerprint density at radius 3 is 2.58 bits per heavy atom. The van der Waals surface area contributed by atoms with Gasteiger partial charge in [-0.25, -0.2) is 4.79 Å². The van der Waals surface area contributed by atoms with Crippen LogP contribution in [-0.4, -0.2) is 18.1 Å². The van der Waals surface area contributed by atoms with E-state index in [1.807, 2.05) is 18.2 Å². The number of pyridine rings is 1. The fourth-order valence-electron chi connectivity index (χ4n) is 1.71. The van der Waals surface area contributed by atoms with Crippen LogP contribution in [0.2, 0.25) is 0 Å². The topological polar surface area (TPSA) is 83.0 Å². The number of benzene rings is 1. The maximum Gasteiger partial charge on any atom is 0.339 e. The summed E-state index contributed by atoms with van der Waals surface area (Å²) in [5, 5.41) is 8.93. The average Bonchev–Trinajstić information content (AvgIpc) is 2.46. The third kappa shape index (κ3) is 2.38. The lowest BCUT2D eigenvalue weighted by Gasteiger charge is -2.05. The molecule has 0 bridgehead atoms. The smallest absolute Gasteiger partial charge is 0.339 e. The first-order valence-corrected chi connectivity index (χ1v) is 5.48. The molecule has 0 aliphatic rings. The number of H-pyrrole nitrogens is 1. The van der Waals surface area contributed by atoms with Crippen molar-refractivity contribution >= 4 is 5.97 Å². The van der Waals surface area contributed by atoms with Gasteiger partial charge in [0.25, 0.3) is 5.56 Å². The van der Waals surface area contributed by atoms with Crippen LogP contribution in [0.25, 0.3) is 11.3 Å². The highest BCUT2D eigenvalue weighted by Gasteiger charge is 2.17. The summed E-state index contributed by atoms with van der Waals surface area (Å²) >= 11 is 0. The van der Waals surface area contributed by atoms with Gasteiger partial charge >= 0.3 is 5.97 Å². The summed E-state index contributed by atoms with van der Waals surface area (Å²) in [6, 6.07) is 12.2. The van der Waals surface area contributed by atoms with E-state index in [0.717, 1.165) is 5.56 Å². The molecule has 0 aliphatic heterocycles. The van der Waals surface area contributed by atoms with Crippen molar-refractivity contribution in [2.45, 2.75) is 0 Å². The third-order valence-electron chi connectivity index (χ3n) is 2.64. The molecular weight excluding hydrogens is 244 g/mol. The summed E-state index contributed by atoms with van der Waals surface area (Å²) < 4.78 is 4.58. The fraction of sp³-hybridized carbons (Fsp3) is 0.0714. The van der Waals surface area contributed by atoms with Crippen LogP contribution in [-0.2, 0) is 4.74 Å². The predicted octanol–water partition coefficient (Wildman–Crippen LogP) is 1.70. The molecule has 94 valence electrons. The van der Waals surface area contributed by atoms with Crippen LogP contribution in [0.4, 0.5) is 0 Å². The third-order valence-corrected chi connectivity index (χ3v) is 2.64. The van der Waals surface area contributed by atoms with Crippen molar-refractivity contribution in [1.82, 2.24) is 4.98 Å². The summed E-state index contributed by atoms with van der Waals surface area (Å²) in [7, 11) is 1.20. The molecule has 5 heteroatoms. The molecule has 0 saturated heterocycles. The minimum Gasteiger partial charge on any atom is -0.465 e. The highest BCUT2D eigenvalue weighted by atomic mass is 16.5. The number of aromatic amines is 1. The Kier molecular flexibility index (Phi) is 3.44. The maximum atomic E-state index is 11.8. The van der Waals surface area contributed by atoms with Gasteiger partial charge in [-0.15, -0.1) is 0 Å². The number of rotatable bonds is 2. The summed E-state index contributed by atoms with van der Waals surface area (Å²) in [6.45, 7) is 0. The van der Waals surface area contributed by atoms with Gasteiger partial charge in [-0.1, -0.05) is 30.3 Å². The Hall–Kier alpha value is -2.87. The molecule has 5 nitrogen and oxygen atoms in total. The molecular formula is C14H10N2O3. The van der Waals surface area contributed by atoms with Gasteiger partial charge in [0.1, 0.15) is 11.6 Å². The summed E-state index contributed by atoms with van der Waals surface area (Å²) in [5.74, 6) is -0.708. The number of ether oxygens (including phenoxy) is 1. The predicted molar refractivity (Wildman–Crippen MR) is 68.6 cm³/mol. The first-order chi connectivity index (χ1) is 9.17. The Bertz CT molecular complexity index is 712. The highest BCUT2D eigenvalue weighted by Crippen LogP contribution is 2.18. The molecule has 19 heavy (non-hydrogen) atoms. The Morgan fingerprint density at radius 1 is 1.32 bits per heavy atom. The van der Waals surface area contributed by atoms with E-state index in [4.69, 9.17) is 5.26 Å². The molecule has 0 aliphatic carbocycles. The molecule has 1 heterocycles. The number of nitrogens with zero attached hydrogens (tertiary/aromatic N) is 1. The monoisotopic (exact) mass is 254 g/mol. The summed E-state index contributed by atoms with van der Waals surface area (Å²) in [6.07, 6.45) is 0. The van der Waals surface area contributed by atoms with Gasteiger partial charge < -0.3 is 9.72 Å². The molecule has 0 spiro atoms. The van der Waals surface area contributed by atoms with E-state index < -0.39 is 11.5 Å². The number of nitriles is 1. The quantitative estimate of drug-likeness (QED) is 0.827. The fourth-order valence-corrected chi connectivity index (χ4v) is 1.71. The Labute approximate surface area is 109 Å². The van der Waals surface area contributed by atoms with E-state index in [1.54, 1.807) is 18.2 Å². The molecule has 0 atom stereocenters. The van der Waals surface area contributed by atoms with Crippen LogP contribution in [0.3, 0.4) is 0 Å². The second-order valence-electron chi connectivity index (χ2n) is 3.77. The van der Waals surface area contributed by atoms with Gasteiger partial charge in [0, 0.05) is 5.69 Å². The molecule has 2 aromatic rings. The number of hydrogen-bond donors (Lipinski definition) is 1. The lowest BCUT2D eigenvalue weighted by atomic mass is 10.1. The van der Waals surface area contributed by atoms with Gasteiger partial charge in [-0.3, -0.25) is 4.79 Å². The van der Waals surface area contributed by atoms with Gasteiger partial charge in [0.15, 0.2) is 0 Å². The van der Waals surface area contributed by atoms with Crippen LogP contribution in [0.5, 0.6) is 0 Å². The van der Waals surface area contributed by atoms with Crippen molar-refractivity contribution in [3.8, 4) is 17.3 Å².